The Labute approximate surface area is 137 Å². The van der Waals surface area contributed by atoms with Crippen LogP contribution < -0.4 is 21.9 Å². The lowest BCUT2D eigenvalue weighted by Gasteiger charge is -2.49. The van der Waals surface area contributed by atoms with Crippen molar-refractivity contribution in [2.75, 3.05) is 0 Å². The van der Waals surface area contributed by atoms with Gasteiger partial charge >= 0.3 is 0 Å². The number of hydrogen-bond acceptors (Lipinski definition) is 0. The predicted octanol–water partition coefficient (Wildman–Crippen LogP) is 1.91. The highest BCUT2D eigenvalue weighted by Crippen LogP contribution is 2.22. The quantitative estimate of drug-likeness (QED) is 0.290. The van der Waals surface area contributed by atoms with Gasteiger partial charge in [-0.05, 0) is 0 Å². The van der Waals surface area contributed by atoms with Crippen molar-refractivity contribution in [2.24, 2.45) is 0 Å². The highest BCUT2D eigenvalue weighted by Gasteiger charge is 2.38. The molecule has 10 heteroatoms. The molecule has 0 aliphatic carbocycles. The van der Waals surface area contributed by atoms with Crippen molar-refractivity contribution in [3.05, 3.63) is 46.5 Å². The molecule has 0 spiro atoms. The van der Waals surface area contributed by atoms with E-state index in [0.29, 0.717) is 0 Å². The Morgan fingerprint density at radius 3 is 1.12 bits per heavy atom. The van der Waals surface area contributed by atoms with E-state index in [2.05, 4.69) is 0 Å². The average Bonchev–Trinajstić information content (AvgIpc) is 2.55. The van der Waals surface area contributed by atoms with Crippen LogP contribution in [0.4, 0.5) is 35.1 Å². The normalized spacial score (nSPS) is 16.0. The molecule has 1 heterocycles. The highest BCUT2D eigenvalue weighted by molar-refractivity contribution is 7.10. The van der Waals surface area contributed by atoms with Gasteiger partial charge in [-0.3, -0.25) is 0 Å². The molecule has 3 rings (SSSR count). The first-order chi connectivity index (χ1) is 11.4. The summed E-state index contributed by atoms with van der Waals surface area (Å²) in [6.07, 6.45) is -2.77. The number of rotatable bonds is 0. The summed E-state index contributed by atoms with van der Waals surface area (Å²) in [4.78, 5) is 0. The summed E-state index contributed by atoms with van der Waals surface area (Å²) in [5, 5.41) is 0. The topological polar surface area (TPSA) is 0 Å². The van der Waals surface area contributed by atoms with E-state index in [-0.39, 0.29) is 0 Å². The van der Waals surface area contributed by atoms with Crippen LogP contribution in [0.2, 0.25) is 20.5 Å². The van der Waals surface area contributed by atoms with Crippen molar-refractivity contribution in [3.63, 3.8) is 0 Å². The van der Waals surface area contributed by atoms with Gasteiger partial charge in [-0.15, -0.1) is 0 Å². The van der Waals surface area contributed by atoms with E-state index in [4.69, 9.17) is 0 Å². The maximum absolute atomic E-state index is 14.4. The summed E-state index contributed by atoms with van der Waals surface area (Å²) < 4.78 is 112. The summed E-state index contributed by atoms with van der Waals surface area (Å²) >= 11 is 0. The number of fused-ring (bicyclic) bond motifs is 2. The molecule has 0 bridgehead atoms. The van der Waals surface area contributed by atoms with Crippen LogP contribution in [0, 0.1) is 46.5 Å². The number of benzene rings is 2. The van der Waals surface area contributed by atoms with Crippen LogP contribution in [0.3, 0.4) is 0 Å². The van der Waals surface area contributed by atoms with Gasteiger partial charge in [-0.25, -0.2) is 46.0 Å². The van der Waals surface area contributed by atoms with E-state index < -0.39 is 81.2 Å². The molecule has 1 aliphatic rings. The molecule has 0 saturated heterocycles. The molecule has 134 valence electrons. The summed E-state index contributed by atoms with van der Waals surface area (Å²) in [5.41, 5.74) is -2.65. The van der Waals surface area contributed by atoms with Crippen molar-refractivity contribution in [1.29, 1.82) is 0 Å². The molecule has 2 aromatic rings. The van der Waals surface area contributed by atoms with Gasteiger partial charge in [-0.2, -0.15) is 31.4 Å². The van der Waals surface area contributed by atoms with Crippen molar-refractivity contribution in [2.45, 2.75) is 20.5 Å². The highest BCUT2D eigenvalue weighted by atomic mass is 19.2. The van der Waals surface area contributed by atoms with Crippen LogP contribution in [0.5, 0.6) is 0 Å². The van der Waals surface area contributed by atoms with Gasteiger partial charge < -0.3 is 0 Å². The first-order valence-corrected chi connectivity index (χ1v) is 7.66. The lowest BCUT2D eigenvalue weighted by molar-refractivity contribution is 0.413. The summed E-state index contributed by atoms with van der Waals surface area (Å²) in [6.45, 7) is 0.820. The van der Waals surface area contributed by atoms with Crippen LogP contribution in [0.1, 0.15) is 0 Å². The minimum Gasteiger partial charge on any atom is -0.207 e. The first kappa shape index (κ1) is 17.8. The Bertz CT molecular complexity index is 865. The maximum atomic E-state index is 14.4. The Morgan fingerprint density at radius 1 is 0.520 bits per heavy atom. The van der Waals surface area contributed by atoms with E-state index in [1.807, 2.05) is 0 Å². The van der Waals surface area contributed by atoms with E-state index in [1.165, 1.54) is 0 Å². The zero-order valence-corrected chi connectivity index (χ0v) is 13.3. The molecule has 0 saturated carbocycles. The van der Waals surface area contributed by atoms with E-state index in [9.17, 15) is 35.1 Å². The second kappa shape index (κ2) is 5.25. The van der Waals surface area contributed by atoms with Crippen LogP contribution in [-0.4, -0.2) is 12.9 Å². The van der Waals surface area contributed by atoms with Gasteiger partial charge in [-0.1, -0.05) is 0 Å². The fourth-order valence-electron chi connectivity index (χ4n) is 4.25. The Hall–Kier alpha value is -1.99. The first-order valence-electron chi connectivity index (χ1n) is 7.66. The van der Waals surface area contributed by atoms with Gasteiger partial charge in [0.15, 0.2) is 23.3 Å². The van der Waals surface area contributed by atoms with Crippen molar-refractivity contribution in [1.82, 2.24) is 0 Å². The summed E-state index contributed by atoms with van der Waals surface area (Å²) in [5.74, 6) is -15.3. The smallest absolute Gasteiger partial charge is 0.193 e. The van der Waals surface area contributed by atoms with Crippen LogP contribution in [0.15, 0.2) is 0 Å². The van der Waals surface area contributed by atoms with Gasteiger partial charge in [0.05, 0.1) is 0 Å². The van der Waals surface area contributed by atoms with Crippen LogP contribution in [-0.2, 0) is 0 Å². The molecule has 0 radical (unpaired) electrons. The molecule has 0 N–H and O–H groups in total. The average molecular weight is 364 g/mol. The molecule has 0 nitrogen and oxygen atoms in total. The summed E-state index contributed by atoms with van der Waals surface area (Å²) in [6, 6.07) is 0. The second-order valence-corrected chi connectivity index (χ2v) is 7.06. The fraction of sp³-hybridized carbons (Fsp3) is 0.200. The minimum atomic E-state index is -2.77. The van der Waals surface area contributed by atoms with Crippen molar-refractivity contribution in [3.8, 4) is 0 Å². The third kappa shape index (κ3) is 2.02. The third-order valence-corrected chi connectivity index (χ3v) is 5.31. The minimum absolute atomic E-state index is 0.654. The van der Waals surface area contributed by atoms with Gasteiger partial charge in [0.25, 0.3) is 0 Å². The lowest BCUT2D eigenvalue weighted by Crippen LogP contribution is -2.76. The molecule has 2 aromatic carbocycles. The molecule has 0 amide bonds. The summed E-state index contributed by atoms with van der Waals surface area (Å²) in [7, 11) is 0. The van der Waals surface area contributed by atoms with E-state index in [0.717, 1.165) is 20.5 Å². The Kier molecular flexibility index (Phi) is 3.74. The molecule has 0 unspecified atom stereocenters. The maximum Gasteiger partial charge on any atom is 0.193 e. The monoisotopic (exact) mass is 364 g/mol. The molecule has 1 aliphatic heterocycles. The Morgan fingerprint density at radius 2 is 0.800 bits per heavy atom. The molecule has 0 aromatic heterocycles. The Balaban J connectivity index is 2.56. The van der Waals surface area contributed by atoms with Crippen molar-refractivity contribution < 1.29 is 35.1 Å². The fourth-order valence-corrected chi connectivity index (χ4v) is 4.25. The van der Waals surface area contributed by atoms with Crippen molar-refractivity contribution >= 4 is 34.7 Å². The molecular formula is C15H10B2F8-2. The largest absolute Gasteiger partial charge is 0.207 e. The van der Waals surface area contributed by atoms with Crippen LogP contribution in [0.25, 0.3) is 0 Å². The van der Waals surface area contributed by atoms with Gasteiger partial charge in [0.2, 0.25) is 0 Å². The van der Waals surface area contributed by atoms with Crippen LogP contribution >= 0.6 is 0 Å². The zero-order chi connectivity index (χ0) is 19.0. The van der Waals surface area contributed by atoms with Gasteiger partial charge in [0, 0.05) is 12.9 Å². The molecular weight excluding hydrogens is 354 g/mol. The predicted molar refractivity (Wildman–Crippen MR) is 81.6 cm³/mol. The SMILES string of the molecule is C[BH-]1c2c(F)c(F)c(F)c(F)c2[B-](C)(C)c2c(F)c(F)c(F)c(F)c21. The zero-order valence-electron chi connectivity index (χ0n) is 13.3. The molecule has 0 fully saturated rings. The standard InChI is InChI=1S/C15H10B2F8/c1-16-4-6(10(20)14(24)12(22)8(4)18)17(2,3)7-5(16)9(19)13(23)15(25)11(7)21/h16H,1-3H3/q-2. The second-order valence-electron chi connectivity index (χ2n) is 7.06. The number of hydrogen-bond donors (Lipinski definition) is 0. The van der Waals surface area contributed by atoms with E-state index >= 15 is 0 Å². The molecule has 25 heavy (non-hydrogen) atoms. The molecule has 0 atom stereocenters. The van der Waals surface area contributed by atoms with Gasteiger partial charge in [0.1, 0.15) is 23.3 Å². The number of halogens is 8. The van der Waals surface area contributed by atoms with E-state index in [1.54, 1.807) is 0 Å². The third-order valence-electron chi connectivity index (χ3n) is 5.31. The lowest BCUT2D eigenvalue weighted by atomic mass is 9.13.